The molecule has 140 valence electrons. The molecule has 3 aromatic rings. The maximum atomic E-state index is 12.9. The van der Waals surface area contributed by atoms with Gasteiger partial charge in [0, 0.05) is 12.7 Å². The van der Waals surface area contributed by atoms with Crippen LogP contribution in [-0.4, -0.2) is 34.5 Å². The normalized spacial score (nSPS) is 12.5. The molecule has 1 aromatic heterocycles. The third-order valence-corrected chi connectivity index (χ3v) is 5.80. The van der Waals surface area contributed by atoms with Crippen molar-refractivity contribution in [2.45, 2.75) is 15.3 Å². The van der Waals surface area contributed by atoms with Crippen LogP contribution in [0, 0.1) is 0 Å². The van der Waals surface area contributed by atoms with Gasteiger partial charge in [0.1, 0.15) is 5.25 Å². The molecule has 1 amide bonds. The summed E-state index contributed by atoms with van der Waals surface area (Å²) in [7, 11) is -2.10. The number of primary sulfonamides is 1. The first kappa shape index (κ1) is 19.0. The Balaban J connectivity index is 1.84. The molecule has 9 nitrogen and oxygen atoms in total. The van der Waals surface area contributed by atoms with E-state index in [0.29, 0.717) is 10.8 Å². The van der Waals surface area contributed by atoms with Crippen LogP contribution in [0.4, 0.5) is 5.69 Å². The molecule has 0 aliphatic rings. The van der Waals surface area contributed by atoms with Gasteiger partial charge in [0.05, 0.1) is 4.90 Å². The quantitative estimate of drug-likeness (QED) is 0.592. The Bertz CT molecular complexity index is 1040. The summed E-state index contributed by atoms with van der Waals surface area (Å²) < 4.78 is 24.2. The number of benzene rings is 2. The Morgan fingerprint density at radius 3 is 2.37 bits per heavy atom. The molecule has 0 unspecified atom stereocenters. The number of thioether (sulfide) groups is 1. The van der Waals surface area contributed by atoms with Gasteiger partial charge in [-0.2, -0.15) is 0 Å². The molecular weight excluding hydrogens is 388 g/mol. The number of aryl methyl sites for hydroxylation is 1. The van der Waals surface area contributed by atoms with Crippen LogP contribution in [0.3, 0.4) is 0 Å². The van der Waals surface area contributed by atoms with Crippen LogP contribution >= 0.6 is 11.8 Å². The van der Waals surface area contributed by atoms with Crippen LogP contribution in [0.1, 0.15) is 10.8 Å². The van der Waals surface area contributed by atoms with E-state index in [2.05, 4.69) is 20.8 Å². The van der Waals surface area contributed by atoms with E-state index >= 15 is 0 Å². The third-order valence-electron chi connectivity index (χ3n) is 3.60. The van der Waals surface area contributed by atoms with Gasteiger partial charge in [0.15, 0.2) is 0 Å². The van der Waals surface area contributed by atoms with E-state index in [4.69, 9.17) is 5.14 Å². The Labute approximate surface area is 160 Å². The molecule has 0 saturated carbocycles. The van der Waals surface area contributed by atoms with E-state index in [1.807, 2.05) is 30.3 Å². The second-order valence-electron chi connectivity index (χ2n) is 5.55. The number of carbonyl (C=O) groups is 1. The van der Waals surface area contributed by atoms with Gasteiger partial charge in [0.25, 0.3) is 0 Å². The summed E-state index contributed by atoms with van der Waals surface area (Å²) in [5.74, 6) is -0.294. The SMILES string of the molecule is Cn1nnnc1S[C@H](C(=O)Nc1ccc(S(N)(=O)=O)cc1)c1ccccc1. The van der Waals surface area contributed by atoms with Gasteiger partial charge in [-0.3, -0.25) is 4.79 Å². The fourth-order valence-corrected chi connectivity index (χ4v) is 3.72. The number of aromatic nitrogens is 4. The lowest BCUT2D eigenvalue weighted by Crippen LogP contribution is -2.19. The monoisotopic (exact) mass is 404 g/mol. The van der Waals surface area contributed by atoms with Crippen molar-refractivity contribution in [2.24, 2.45) is 12.2 Å². The van der Waals surface area contributed by atoms with Crippen molar-refractivity contribution in [1.82, 2.24) is 20.2 Å². The lowest BCUT2D eigenvalue weighted by atomic mass is 10.1. The highest BCUT2D eigenvalue weighted by molar-refractivity contribution is 8.00. The zero-order chi connectivity index (χ0) is 19.4. The van der Waals surface area contributed by atoms with Gasteiger partial charge in [-0.15, -0.1) is 5.10 Å². The van der Waals surface area contributed by atoms with Crippen molar-refractivity contribution in [3.05, 3.63) is 60.2 Å². The first-order valence-electron chi connectivity index (χ1n) is 7.72. The fourth-order valence-electron chi connectivity index (χ4n) is 2.26. The van der Waals surface area contributed by atoms with Crippen LogP contribution in [0.2, 0.25) is 0 Å². The minimum absolute atomic E-state index is 0.0281. The lowest BCUT2D eigenvalue weighted by molar-refractivity contribution is -0.115. The van der Waals surface area contributed by atoms with E-state index in [0.717, 1.165) is 5.56 Å². The molecule has 27 heavy (non-hydrogen) atoms. The molecule has 0 spiro atoms. The van der Waals surface area contributed by atoms with Crippen LogP contribution in [0.15, 0.2) is 64.6 Å². The first-order valence-corrected chi connectivity index (χ1v) is 10.1. The summed E-state index contributed by atoms with van der Waals surface area (Å²) in [6.07, 6.45) is 0. The number of tetrazole rings is 1. The second kappa shape index (κ2) is 7.86. The van der Waals surface area contributed by atoms with Gasteiger partial charge < -0.3 is 5.32 Å². The summed E-state index contributed by atoms with van der Waals surface area (Å²) in [6.45, 7) is 0. The topological polar surface area (TPSA) is 133 Å². The number of sulfonamides is 1. The summed E-state index contributed by atoms with van der Waals surface area (Å²) >= 11 is 1.21. The number of amides is 1. The number of nitrogens with zero attached hydrogens (tertiary/aromatic N) is 4. The van der Waals surface area contributed by atoms with Crippen molar-refractivity contribution in [3.63, 3.8) is 0 Å². The lowest BCUT2D eigenvalue weighted by Gasteiger charge is -2.16. The number of nitrogens with one attached hydrogen (secondary N) is 1. The van der Waals surface area contributed by atoms with E-state index in [9.17, 15) is 13.2 Å². The number of rotatable bonds is 6. The average molecular weight is 404 g/mol. The van der Waals surface area contributed by atoms with Crippen molar-refractivity contribution in [1.29, 1.82) is 0 Å². The van der Waals surface area contributed by atoms with Crippen LogP contribution in [0.5, 0.6) is 0 Å². The maximum Gasteiger partial charge on any atom is 0.242 e. The number of hydrogen-bond donors (Lipinski definition) is 2. The van der Waals surface area contributed by atoms with Crippen molar-refractivity contribution in [3.8, 4) is 0 Å². The Hall–Kier alpha value is -2.76. The number of anilines is 1. The molecule has 11 heteroatoms. The number of hydrogen-bond acceptors (Lipinski definition) is 7. The van der Waals surface area contributed by atoms with E-state index in [1.165, 1.54) is 40.7 Å². The average Bonchev–Trinajstić information content (AvgIpc) is 3.04. The molecule has 0 fully saturated rings. The van der Waals surface area contributed by atoms with Crippen molar-refractivity contribution >= 4 is 33.4 Å². The third kappa shape index (κ3) is 4.70. The van der Waals surface area contributed by atoms with Crippen LogP contribution in [-0.2, 0) is 21.9 Å². The van der Waals surface area contributed by atoms with E-state index < -0.39 is 15.3 Å². The number of carbonyl (C=O) groups excluding carboxylic acids is 1. The number of nitrogens with two attached hydrogens (primary N) is 1. The highest BCUT2D eigenvalue weighted by Gasteiger charge is 2.24. The van der Waals surface area contributed by atoms with E-state index in [-0.39, 0.29) is 10.8 Å². The minimum Gasteiger partial charge on any atom is -0.325 e. The zero-order valence-corrected chi connectivity index (χ0v) is 15.8. The highest BCUT2D eigenvalue weighted by Crippen LogP contribution is 2.34. The molecule has 0 radical (unpaired) electrons. The largest absolute Gasteiger partial charge is 0.325 e. The molecule has 1 heterocycles. The zero-order valence-electron chi connectivity index (χ0n) is 14.2. The van der Waals surface area contributed by atoms with Crippen molar-refractivity contribution < 1.29 is 13.2 Å². The smallest absolute Gasteiger partial charge is 0.242 e. The molecular formula is C16H16N6O3S2. The summed E-state index contributed by atoms with van der Waals surface area (Å²) in [5, 5.41) is 19.0. The molecule has 2 aromatic carbocycles. The molecule has 1 atom stereocenters. The van der Waals surface area contributed by atoms with Gasteiger partial charge in [-0.25, -0.2) is 18.2 Å². The predicted molar refractivity (Wildman–Crippen MR) is 100 cm³/mol. The van der Waals surface area contributed by atoms with Gasteiger partial charge in [0.2, 0.25) is 21.1 Å². The van der Waals surface area contributed by atoms with E-state index in [1.54, 1.807) is 7.05 Å². The molecule has 3 N–H and O–H groups in total. The predicted octanol–water partition coefficient (Wildman–Crippen LogP) is 1.33. The summed E-state index contributed by atoms with van der Waals surface area (Å²) in [4.78, 5) is 12.9. The Morgan fingerprint density at radius 2 is 1.81 bits per heavy atom. The Kier molecular flexibility index (Phi) is 5.54. The summed E-state index contributed by atoms with van der Waals surface area (Å²) in [5.41, 5.74) is 1.23. The molecule has 0 saturated heterocycles. The standard InChI is InChI=1S/C16H16N6O3S2/c1-22-16(19-20-21-22)26-14(11-5-3-2-4-6-11)15(23)18-12-7-9-13(10-8-12)27(17,24)25/h2-10,14H,1H3,(H,18,23)(H2,17,24,25)/t14-/m0/s1. The first-order chi connectivity index (χ1) is 12.8. The second-order valence-corrected chi connectivity index (χ2v) is 8.19. The fraction of sp³-hybridized carbons (Fsp3) is 0.125. The minimum atomic E-state index is -3.79. The van der Waals surface area contributed by atoms with Gasteiger partial charge in [-0.05, 0) is 40.3 Å². The van der Waals surface area contributed by atoms with Crippen LogP contribution < -0.4 is 10.5 Å². The van der Waals surface area contributed by atoms with Crippen molar-refractivity contribution in [2.75, 3.05) is 5.32 Å². The maximum absolute atomic E-state index is 12.9. The molecule has 0 aliphatic carbocycles. The highest BCUT2D eigenvalue weighted by atomic mass is 32.2. The van der Waals surface area contributed by atoms with Gasteiger partial charge in [-0.1, -0.05) is 42.1 Å². The molecule has 0 aliphatic heterocycles. The molecule has 0 bridgehead atoms. The molecule has 3 rings (SSSR count). The van der Waals surface area contributed by atoms with Crippen LogP contribution in [0.25, 0.3) is 0 Å². The van der Waals surface area contributed by atoms with Gasteiger partial charge >= 0.3 is 0 Å². The summed E-state index contributed by atoms with van der Waals surface area (Å²) in [6, 6.07) is 14.8. The Morgan fingerprint density at radius 1 is 1.15 bits per heavy atom.